The normalized spacial score (nSPS) is 28.2. The Morgan fingerprint density at radius 1 is 1.17 bits per heavy atom. The largest absolute Gasteiger partial charge is 0.481 e. The number of allylic oxidation sites excluding steroid dienone is 2. The maximum Gasteiger partial charge on any atom is 0.416 e. The standard InChI is InChI=1S/C16H13ClF3NO3/c17-10-4-3-9(16(18,19)20)6-11(10)21-14(22)12-7-1-2-8(5-7)13(12)15(23)24/h1-4,6-8,12-13H,5H2,(H,21,22)(H,23,24)/t7-,8+,12+,13+/m1/s1. The Morgan fingerprint density at radius 2 is 1.79 bits per heavy atom. The molecule has 3 rings (SSSR count). The lowest BCUT2D eigenvalue weighted by molar-refractivity contribution is -0.146. The molecule has 1 saturated carbocycles. The summed E-state index contributed by atoms with van der Waals surface area (Å²) in [6, 6.07) is 2.62. The van der Waals surface area contributed by atoms with Gasteiger partial charge in [-0.1, -0.05) is 23.8 Å². The van der Waals surface area contributed by atoms with Crippen molar-refractivity contribution in [3.63, 3.8) is 0 Å². The zero-order chi connectivity index (χ0) is 17.6. The smallest absolute Gasteiger partial charge is 0.416 e. The van der Waals surface area contributed by atoms with Gasteiger partial charge in [0, 0.05) is 0 Å². The maximum atomic E-state index is 12.8. The van der Waals surface area contributed by atoms with Crippen molar-refractivity contribution < 1.29 is 27.9 Å². The number of halogens is 4. The highest BCUT2D eigenvalue weighted by Crippen LogP contribution is 2.48. The van der Waals surface area contributed by atoms with Gasteiger partial charge >= 0.3 is 12.1 Å². The molecule has 1 aromatic rings. The summed E-state index contributed by atoms with van der Waals surface area (Å²) in [6.07, 6.45) is -0.430. The molecular formula is C16H13ClF3NO3. The Bertz CT molecular complexity index is 732. The molecule has 0 heterocycles. The van der Waals surface area contributed by atoms with E-state index >= 15 is 0 Å². The topological polar surface area (TPSA) is 66.4 Å². The third-order valence-corrected chi connectivity index (χ3v) is 4.93. The van der Waals surface area contributed by atoms with Gasteiger partial charge < -0.3 is 10.4 Å². The molecule has 2 aliphatic carbocycles. The van der Waals surface area contributed by atoms with Crippen LogP contribution in [0.25, 0.3) is 0 Å². The summed E-state index contributed by atoms with van der Waals surface area (Å²) in [5.74, 6) is -3.84. The van der Waals surface area contributed by atoms with Crippen molar-refractivity contribution in [2.45, 2.75) is 12.6 Å². The molecular weight excluding hydrogens is 347 g/mol. The number of alkyl halides is 3. The summed E-state index contributed by atoms with van der Waals surface area (Å²) < 4.78 is 38.4. The molecule has 2 N–H and O–H groups in total. The average molecular weight is 360 g/mol. The number of benzene rings is 1. The van der Waals surface area contributed by atoms with E-state index in [1.807, 2.05) is 0 Å². The molecule has 4 atom stereocenters. The first-order valence-corrected chi connectivity index (χ1v) is 7.65. The highest BCUT2D eigenvalue weighted by atomic mass is 35.5. The van der Waals surface area contributed by atoms with E-state index in [0.29, 0.717) is 6.42 Å². The van der Waals surface area contributed by atoms with Gasteiger partial charge in [0.1, 0.15) is 0 Å². The molecule has 0 unspecified atom stereocenters. The van der Waals surface area contributed by atoms with Crippen molar-refractivity contribution in [1.82, 2.24) is 0 Å². The summed E-state index contributed by atoms with van der Waals surface area (Å²) >= 11 is 5.86. The number of hydrogen-bond acceptors (Lipinski definition) is 2. The quantitative estimate of drug-likeness (QED) is 0.806. The van der Waals surface area contributed by atoms with Crippen LogP contribution in [0.4, 0.5) is 18.9 Å². The van der Waals surface area contributed by atoms with E-state index in [4.69, 9.17) is 11.6 Å². The van der Waals surface area contributed by atoms with Crippen LogP contribution in [0, 0.1) is 23.7 Å². The number of rotatable bonds is 3. The Hall–Kier alpha value is -2.02. The number of fused-ring (bicyclic) bond motifs is 2. The van der Waals surface area contributed by atoms with Crippen molar-refractivity contribution in [2.75, 3.05) is 5.32 Å². The number of carbonyl (C=O) groups excluding carboxylic acids is 1. The molecule has 1 aromatic carbocycles. The van der Waals surface area contributed by atoms with Crippen molar-refractivity contribution in [3.05, 3.63) is 40.9 Å². The molecule has 2 aliphatic rings. The molecule has 0 saturated heterocycles. The van der Waals surface area contributed by atoms with Gasteiger partial charge in [0.2, 0.25) is 5.91 Å². The van der Waals surface area contributed by atoms with Gasteiger partial charge in [0.25, 0.3) is 0 Å². The average Bonchev–Trinajstić information content (AvgIpc) is 3.08. The zero-order valence-electron chi connectivity index (χ0n) is 12.2. The molecule has 0 radical (unpaired) electrons. The van der Waals surface area contributed by atoms with E-state index in [-0.39, 0.29) is 22.5 Å². The van der Waals surface area contributed by atoms with Crippen molar-refractivity contribution in [2.24, 2.45) is 23.7 Å². The molecule has 4 nitrogen and oxygen atoms in total. The summed E-state index contributed by atoms with van der Waals surface area (Å²) in [4.78, 5) is 23.9. The Balaban J connectivity index is 1.85. The molecule has 0 spiro atoms. The summed E-state index contributed by atoms with van der Waals surface area (Å²) in [7, 11) is 0. The van der Waals surface area contributed by atoms with E-state index in [1.165, 1.54) is 0 Å². The number of aliphatic carboxylic acids is 1. The van der Waals surface area contributed by atoms with E-state index in [0.717, 1.165) is 18.2 Å². The first kappa shape index (κ1) is 16.8. The summed E-state index contributed by atoms with van der Waals surface area (Å²) in [6.45, 7) is 0. The van der Waals surface area contributed by atoms with Gasteiger partial charge in [-0.3, -0.25) is 9.59 Å². The summed E-state index contributed by atoms with van der Waals surface area (Å²) in [5, 5.41) is 11.7. The molecule has 8 heteroatoms. The molecule has 1 amide bonds. The number of carbonyl (C=O) groups is 2. The molecule has 0 aromatic heterocycles. The van der Waals surface area contributed by atoms with Gasteiger partial charge in [0.05, 0.1) is 28.1 Å². The van der Waals surface area contributed by atoms with Crippen LogP contribution in [-0.2, 0) is 15.8 Å². The fourth-order valence-corrected chi connectivity index (χ4v) is 3.69. The van der Waals surface area contributed by atoms with Crippen LogP contribution in [0.3, 0.4) is 0 Å². The van der Waals surface area contributed by atoms with Crippen molar-refractivity contribution in [3.8, 4) is 0 Å². The van der Waals surface area contributed by atoms with Gasteiger partial charge in [-0.15, -0.1) is 0 Å². The predicted octanol–water partition coefficient (Wildman–Crippen LogP) is 3.82. The number of nitrogens with one attached hydrogen (secondary N) is 1. The fourth-order valence-electron chi connectivity index (χ4n) is 3.53. The van der Waals surface area contributed by atoms with Crippen LogP contribution in [0.15, 0.2) is 30.4 Å². The fraction of sp³-hybridized carbons (Fsp3) is 0.375. The SMILES string of the molecule is O=C(Nc1cc(C(F)(F)F)ccc1Cl)[C@@H]1[C@@H](C(=O)O)[C@H]2C=C[C@@H]1C2. The Labute approximate surface area is 140 Å². The van der Waals surface area contributed by atoms with E-state index in [1.54, 1.807) is 12.2 Å². The minimum absolute atomic E-state index is 0.0399. The lowest BCUT2D eigenvalue weighted by Gasteiger charge is -2.24. The first-order chi connectivity index (χ1) is 11.2. The number of anilines is 1. The minimum atomic E-state index is -4.57. The lowest BCUT2D eigenvalue weighted by atomic mass is 9.82. The molecule has 24 heavy (non-hydrogen) atoms. The van der Waals surface area contributed by atoms with E-state index < -0.39 is 35.5 Å². The predicted molar refractivity (Wildman–Crippen MR) is 80.4 cm³/mol. The molecule has 0 aliphatic heterocycles. The van der Waals surface area contributed by atoms with E-state index in [9.17, 15) is 27.9 Å². The second-order valence-electron chi connectivity index (χ2n) is 6.02. The number of amides is 1. The van der Waals surface area contributed by atoms with Gasteiger partial charge in [-0.25, -0.2) is 0 Å². The van der Waals surface area contributed by atoms with Crippen molar-refractivity contribution >= 4 is 29.2 Å². The highest BCUT2D eigenvalue weighted by Gasteiger charge is 2.51. The Kier molecular flexibility index (Phi) is 4.07. The monoisotopic (exact) mass is 359 g/mol. The van der Waals surface area contributed by atoms with E-state index in [2.05, 4.69) is 5.32 Å². The molecule has 128 valence electrons. The number of carboxylic acid groups (broad SMARTS) is 1. The third-order valence-electron chi connectivity index (χ3n) is 4.60. The van der Waals surface area contributed by atoms with Crippen LogP contribution in [0.2, 0.25) is 5.02 Å². The number of carboxylic acids is 1. The lowest BCUT2D eigenvalue weighted by Crippen LogP contribution is -2.36. The van der Waals surface area contributed by atoms with Crippen LogP contribution >= 0.6 is 11.6 Å². The van der Waals surface area contributed by atoms with Crippen molar-refractivity contribution in [1.29, 1.82) is 0 Å². The highest BCUT2D eigenvalue weighted by molar-refractivity contribution is 6.33. The zero-order valence-corrected chi connectivity index (χ0v) is 12.9. The van der Waals surface area contributed by atoms with Gasteiger partial charge in [-0.2, -0.15) is 13.2 Å². The van der Waals surface area contributed by atoms with Crippen LogP contribution in [0.1, 0.15) is 12.0 Å². The van der Waals surface area contributed by atoms with Crippen LogP contribution in [0.5, 0.6) is 0 Å². The van der Waals surface area contributed by atoms with Gasteiger partial charge in [-0.05, 0) is 36.5 Å². The number of hydrogen-bond donors (Lipinski definition) is 2. The second-order valence-corrected chi connectivity index (χ2v) is 6.43. The second kappa shape index (κ2) is 5.81. The van der Waals surface area contributed by atoms with Crippen LogP contribution < -0.4 is 5.32 Å². The van der Waals surface area contributed by atoms with Crippen LogP contribution in [-0.4, -0.2) is 17.0 Å². The third kappa shape index (κ3) is 2.88. The van der Waals surface area contributed by atoms with Gasteiger partial charge in [0.15, 0.2) is 0 Å². The maximum absolute atomic E-state index is 12.8. The molecule has 2 bridgehead atoms. The minimum Gasteiger partial charge on any atom is -0.481 e. The first-order valence-electron chi connectivity index (χ1n) is 7.27. The Morgan fingerprint density at radius 3 is 2.38 bits per heavy atom. The summed E-state index contributed by atoms with van der Waals surface area (Å²) in [5.41, 5.74) is -1.11. The molecule has 1 fully saturated rings.